The quantitative estimate of drug-likeness (QED) is 0.669. The summed E-state index contributed by atoms with van der Waals surface area (Å²) in [4.78, 5) is 24.9. The van der Waals surface area contributed by atoms with Gasteiger partial charge in [-0.05, 0) is 67.1 Å². The highest BCUT2D eigenvalue weighted by Gasteiger charge is 2.38. The van der Waals surface area contributed by atoms with Crippen molar-refractivity contribution in [2.75, 3.05) is 5.32 Å². The Balaban J connectivity index is 0.00000256. The highest BCUT2D eigenvalue weighted by atomic mass is 35.5. The van der Waals surface area contributed by atoms with E-state index < -0.39 is 0 Å². The number of hydrogen-bond acceptors (Lipinski definition) is 3. The van der Waals surface area contributed by atoms with E-state index in [0.29, 0.717) is 29.8 Å². The van der Waals surface area contributed by atoms with Crippen LogP contribution in [0.1, 0.15) is 48.0 Å². The standard InChI is InChI=1S/C23H26FN3O2.ClH/c24-18-9-5-15(6-10-18)14-25-22(28)16-7-11-19(12-8-16)26-23(29)21-13-17-3-1-2-4-20(17)27-21;/h5-12,17,20-21,27H,1-4,13-14H2,(H,25,28)(H,26,29);1H. The minimum Gasteiger partial charge on any atom is -0.348 e. The number of benzene rings is 2. The molecule has 2 aliphatic rings. The van der Waals surface area contributed by atoms with Gasteiger partial charge in [0.1, 0.15) is 5.82 Å². The first-order valence-electron chi connectivity index (χ1n) is 10.3. The molecule has 30 heavy (non-hydrogen) atoms. The van der Waals surface area contributed by atoms with Gasteiger partial charge in [-0.2, -0.15) is 0 Å². The third kappa shape index (κ3) is 5.37. The number of amides is 2. The van der Waals surface area contributed by atoms with Gasteiger partial charge in [0.2, 0.25) is 5.91 Å². The maximum Gasteiger partial charge on any atom is 0.251 e. The van der Waals surface area contributed by atoms with Gasteiger partial charge in [0.25, 0.3) is 5.91 Å². The van der Waals surface area contributed by atoms with Gasteiger partial charge in [-0.25, -0.2) is 4.39 Å². The zero-order valence-corrected chi connectivity index (χ0v) is 17.5. The number of rotatable bonds is 5. The monoisotopic (exact) mass is 431 g/mol. The molecule has 1 saturated carbocycles. The molecule has 7 heteroatoms. The van der Waals surface area contributed by atoms with Crippen LogP contribution in [0.4, 0.5) is 10.1 Å². The normalized spacial score (nSPS) is 22.5. The van der Waals surface area contributed by atoms with Crippen LogP contribution in [0.5, 0.6) is 0 Å². The summed E-state index contributed by atoms with van der Waals surface area (Å²) in [5.74, 6) is 0.0950. The molecule has 160 valence electrons. The molecule has 2 aromatic carbocycles. The van der Waals surface area contributed by atoms with Crippen molar-refractivity contribution < 1.29 is 14.0 Å². The summed E-state index contributed by atoms with van der Waals surface area (Å²) >= 11 is 0. The molecule has 1 heterocycles. The molecule has 0 aromatic heterocycles. The van der Waals surface area contributed by atoms with E-state index in [4.69, 9.17) is 0 Å². The van der Waals surface area contributed by atoms with E-state index in [-0.39, 0.29) is 36.1 Å². The highest BCUT2D eigenvalue weighted by Crippen LogP contribution is 2.33. The number of fused-ring (bicyclic) bond motifs is 1. The summed E-state index contributed by atoms with van der Waals surface area (Å²) in [5, 5.41) is 9.24. The Hall–Kier alpha value is -2.44. The number of nitrogens with one attached hydrogen (secondary N) is 3. The topological polar surface area (TPSA) is 70.2 Å². The predicted molar refractivity (Wildman–Crippen MR) is 117 cm³/mol. The first-order chi connectivity index (χ1) is 14.1. The molecular weight excluding hydrogens is 405 g/mol. The van der Waals surface area contributed by atoms with Crippen LogP contribution in [-0.2, 0) is 11.3 Å². The Bertz CT molecular complexity index is 859. The van der Waals surface area contributed by atoms with E-state index in [9.17, 15) is 14.0 Å². The fraction of sp³-hybridized carbons (Fsp3) is 0.391. The molecule has 2 amide bonds. The molecule has 4 rings (SSSR count). The second-order valence-electron chi connectivity index (χ2n) is 7.98. The smallest absolute Gasteiger partial charge is 0.251 e. The summed E-state index contributed by atoms with van der Waals surface area (Å²) in [6.45, 7) is 0.327. The van der Waals surface area contributed by atoms with Crippen molar-refractivity contribution in [3.8, 4) is 0 Å². The molecule has 3 unspecified atom stereocenters. The van der Waals surface area contributed by atoms with Gasteiger partial charge in [0.15, 0.2) is 0 Å². The molecule has 3 N–H and O–H groups in total. The SMILES string of the molecule is Cl.O=C(NCc1ccc(F)cc1)c1ccc(NC(=O)C2CC3CCCCC3N2)cc1. The molecule has 1 aliphatic heterocycles. The lowest BCUT2D eigenvalue weighted by atomic mass is 9.85. The molecule has 2 aromatic rings. The number of hydrogen-bond donors (Lipinski definition) is 3. The van der Waals surface area contributed by atoms with Gasteiger partial charge in [-0.3, -0.25) is 9.59 Å². The Morgan fingerprint density at radius 3 is 2.40 bits per heavy atom. The second kappa shape index (κ2) is 10.0. The molecular formula is C23H27ClFN3O2. The summed E-state index contributed by atoms with van der Waals surface area (Å²) < 4.78 is 12.9. The summed E-state index contributed by atoms with van der Waals surface area (Å²) in [6, 6.07) is 13.2. The lowest BCUT2D eigenvalue weighted by Crippen LogP contribution is -2.39. The van der Waals surface area contributed by atoms with E-state index in [1.807, 2.05) is 0 Å². The van der Waals surface area contributed by atoms with Crippen LogP contribution in [0.15, 0.2) is 48.5 Å². The van der Waals surface area contributed by atoms with Crippen LogP contribution in [0.2, 0.25) is 0 Å². The van der Waals surface area contributed by atoms with Crippen molar-refractivity contribution >= 4 is 29.9 Å². The molecule has 1 aliphatic carbocycles. The van der Waals surface area contributed by atoms with Crippen LogP contribution >= 0.6 is 12.4 Å². The summed E-state index contributed by atoms with van der Waals surface area (Å²) in [6.07, 6.45) is 5.79. The largest absolute Gasteiger partial charge is 0.348 e. The fourth-order valence-electron chi connectivity index (χ4n) is 4.34. The van der Waals surface area contributed by atoms with E-state index in [0.717, 1.165) is 18.4 Å². The minimum absolute atomic E-state index is 0. The zero-order valence-electron chi connectivity index (χ0n) is 16.7. The van der Waals surface area contributed by atoms with Crippen molar-refractivity contribution in [3.05, 3.63) is 65.5 Å². The van der Waals surface area contributed by atoms with E-state index in [1.54, 1.807) is 36.4 Å². The Kier molecular flexibility index (Phi) is 7.45. The Morgan fingerprint density at radius 2 is 1.70 bits per heavy atom. The molecule has 0 radical (unpaired) electrons. The Labute approximate surface area is 182 Å². The number of carbonyl (C=O) groups is 2. The maximum absolute atomic E-state index is 12.9. The van der Waals surface area contributed by atoms with Crippen LogP contribution < -0.4 is 16.0 Å². The first-order valence-corrected chi connectivity index (χ1v) is 10.3. The molecule has 5 nitrogen and oxygen atoms in total. The summed E-state index contributed by atoms with van der Waals surface area (Å²) in [5.41, 5.74) is 2.02. The van der Waals surface area contributed by atoms with Crippen molar-refractivity contribution in [1.29, 1.82) is 0 Å². The zero-order chi connectivity index (χ0) is 20.2. The number of halogens is 2. The van der Waals surface area contributed by atoms with Crippen molar-refractivity contribution in [1.82, 2.24) is 10.6 Å². The van der Waals surface area contributed by atoms with Crippen molar-refractivity contribution in [3.63, 3.8) is 0 Å². The van der Waals surface area contributed by atoms with Crippen LogP contribution in [0.25, 0.3) is 0 Å². The predicted octanol–water partition coefficient (Wildman–Crippen LogP) is 4.04. The second-order valence-corrected chi connectivity index (χ2v) is 7.98. The van der Waals surface area contributed by atoms with Gasteiger partial charge < -0.3 is 16.0 Å². The molecule has 3 atom stereocenters. The van der Waals surface area contributed by atoms with Gasteiger partial charge in [0.05, 0.1) is 6.04 Å². The van der Waals surface area contributed by atoms with Crippen molar-refractivity contribution in [2.24, 2.45) is 5.92 Å². The third-order valence-corrected chi connectivity index (χ3v) is 5.96. The lowest BCUT2D eigenvalue weighted by Gasteiger charge is -2.24. The highest BCUT2D eigenvalue weighted by molar-refractivity contribution is 5.97. The summed E-state index contributed by atoms with van der Waals surface area (Å²) in [7, 11) is 0. The number of anilines is 1. The molecule has 2 fully saturated rings. The van der Waals surface area contributed by atoms with E-state index in [1.165, 1.54) is 31.4 Å². The van der Waals surface area contributed by atoms with Gasteiger partial charge in [-0.15, -0.1) is 12.4 Å². The fourth-order valence-corrected chi connectivity index (χ4v) is 4.34. The molecule has 0 bridgehead atoms. The average molecular weight is 432 g/mol. The van der Waals surface area contributed by atoms with Gasteiger partial charge >= 0.3 is 0 Å². The first kappa shape index (κ1) is 22.2. The number of carbonyl (C=O) groups excluding carboxylic acids is 2. The lowest BCUT2D eigenvalue weighted by molar-refractivity contribution is -0.117. The molecule has 1 saturated heterocycles. The van der Waals surface area contributed by atoms with E-state index >= 15 is 0 Å². The van der Waals surface area contributed by atoms with Gasteiger partial charge in [0, 0.05) is 23.8 Å². The van der Waals surface area contributed by atoms with Crippen LogP contribution in [-0.4, -0.2) is 23.9 Å². The van der Waals surface area contributed by atoms with Gasteiger partial charge in [-0.1, -0.05) is 25.0 Å². The Morgan fingerprint density at radius 1 is 1.00 bits per heavy atom. The van der Waals surface area contributed by atoms with Crippen LogP contribution in [0.3, 0.4) is 0 Å². The molecule has 0 spiro atoms. The average Bonchev–Trinajstić information content (AvgIpc) is 3.18. The van der Waals surface area contributed by atoms with E-state index in [2.05, 4.69) is 16.0 Å². The van der Waals surface area contributed by atoms with Crippen LogP contribution in [0, 0.1) is 11.7 Å². The third-order valence-electron chi connectivity index (χ3n) is 5.96. The maximum atomic E-state index is 12.9. The van der Waals surface area contributed by atoms with Crippen molar-refractivity contribution in [2.45, 2.75) is 50.7 Å². The minimum atomic E-state index is -0.302.